The number of rotatable bonds is 9. The van der Waals surface area contributed by atoms with E-state index < -0.39 is 10.0 Å². The van der Waals surface area contributed by atoms with Crippen LogP contribution in [0.5, 0.6) is 5.75 Å². The van der Waals surface area contributed by atoms with E-state index in [1.165, 1.54) is 24.8 Å². The molecule has 1 amide bonds. The lowest BCUT2D eigenvalue weighted by Gasteiger charge is -2.14. The summed E-state index contributed by atoms with van der Waals surface area (Å²) >= 11 is 6.08. The zero-order valence-electron chi connectivity index (χ0n) is 17.9. The number of sulfonamides is 1. The average molecular weight is 473 g/mol. The molecule has 0 aromatic heterocycles. The van der Waals surface area contributed by atoms with Gasteiger partial charge in [0.25, 0.3) is 10.0 Å². The summed E-state index contributed by atoms with van der Waals surface area (Å²) in [6.07, 6.45) is 1.83. The molecule has 0 spiro atoms. The van der Waals surface area contributed by atoms with Crippen molar-refractivity contribution in [2.45, 2.75) is 31.1 Å². The Hall–Kier alpha value is -3.03. The van der Waals surface area contributed by atoms with Crippen LogP contribution in [0.3, 0.4) is 0 Å². The molecule has 3 aromatic rings. The lowest BCUT2D eigenvalue weighted by atomic mass is 10.1. The number of carbonyl (C=O) groups is 1. The van der Waals surface area contributed by atoms with Crippen LogP contribution < -0.4 is 14.8 Å². The van der Waals surface area contributed by atoms with Crippen molar-refractivity contribution < 1.29 is 17.9 Å². The first-order valence-corrected chi connectivity index (χ1v) is 12.0. The molecule has 0 saturated heterocycles. The van der Waals surface area contributed by atoms with Gasteiger partial charge in [-0.2, -0.15) is 0 Å². The van der Waals surface area contributed by atoms with Crippen molar-refractivity contribution in [1.82, 2.24) is 0 Å². The van der Waals surface area contributed by atoms with Gasteiger partial charge in [-0.05, 0) is 54.3 Å². The van der Waals surface area contributed by atoms with Crippen molar-refractivity contribution in [3.05, 3.63) is 82.9 Å². The van der Waals surface area contributed by atoms with Gasteiger partial charge in [0.1, 0.15) is 10.6 Å². The summed E-state index contributed by atoms with van der Waals surface area (Å²) in [5.41, 5.74) is 2.92. The number of hydrogen-bond acceptors (Lipinski definition) is 4. The van der Waals surface area contributed by atoms with Gasteiger partial charge in [-0.25, -0.2) is 8.42 Å². The Morgan fingerprint density at radius 1 is 1.00 bits per heavy atom. The minimum absolute atomic E-state index is 0.104. The standard InChI is InChI=1S/C24H25ClN2O4S/c1-3-17-8-10-18(11-9-17)12-15-24(28)26-19-13-14-22(31-2)23(16-19)32(29,30)27-21-7-5-4-6-20(21)25/h4-11,13-14,16,27H,3,12,15H2,1-2H3,(H,26,28). The zero-order chi connectivity index (χ0) is 23.1. The third-order valence-electron chi connectivity index (χ3n) is 4.93. The van der Waals surface area contributed by atoms with Gasteiger partial charge < -0.3 is 10.1 Å². The molecule has 0 aliphatic carbocycles. The molecule has 168 valence electrons. The van der Waals surface area contributed by atoms with Gasteiger partial charge in [-0.15, -0.1) is 0 Å². The quantitative estimate of drug-likeness (QED) is 0.443. The molecule has 32 heavy (non-hydrogen) atoms. The second-order valence-electron chi connectivity index (χ2n) is 7.17. The number of ether oxygens (including phenoxy) is 1. The Morgan fingerprint density at radius 2 is 1.69 bits per heavy atom. The Morgan fingerprint density at radius 3 is 2.34 bits per heavy atom. The maximum absolute atomic E-state index is 13.0. The van der Waals surface area contributed by atoms with Crippen molar-refractivity contribution in [3.8, 4) is 5.75 Å². The van der Waals surface area contributed by atoms with E-state index in [0.717, 1.165) is 12.0 Å². The summed E-state index contributed by atoms with van der Waals surface area (Å²) < 4.78 is 33.6. The molecule has 2 N–H and O–H groups in total. The van der Waals surface area contributed by atoms with E-state index >= 15 is 0 Å². The molecule has 0 aliphatic rings. The molecular weight excluding hydrogens is 448 g/mol. The van der Waals surface area contributed by atoms with Gasteiger partial charge >= 0.3 is 0 Å². The third kappa shape index (κ3) is 6.02. The van der Waals surface area contributed by atoms with Crippen molar-refractivity contribution >= 4 is 38.9 Å². The number of benzene rings is 3. The van der Waals surface area contributed by atoms with Gasteiger partial charge in [0.15, 0.2) is 0 Å². The third-order valence-corrected chi connectivity index (χ3v) is 6.64. The molecule has 8 heteroatoms. The molecule has 0 bridgehead atoms. The van der Waals surface area contributed by atoms with Crippen molar-refractivity contribution in [3.63, 3.8) is 0 Å². The number of para-hydroxylation sites is 1. The minimum atomic E-state index is -4.01. The molecule has 6 nitrogen and oxygen atoms in total. The second-order valence-corrected chi connectivity index (χ2v) is 9.23. The van der Waals surface area contributed by atoms with E-state index in [4.69, 9.17) is 16.3 Å². The molecule has 3 aromatic carbocycles. The van der Waals surface area contributed by atoms with Gasteiger partial charge in [0.2, 0.25) is 5.91 Å². The minimum Gasteiger partial charge on any atom is -0.495 e. The van der Waals surface area contributed by atoms with Crippen LogP contribution in [-0.2, 0) is 27.7 Å². The van der Waals surface area contributed by atoms with Gasteiger partial charge in [0, 0.05) is 12.1 Å². The number of hydrogen-bond donors (Lipinski definition) is 2. The number of methoxy groups -OCH3 is 1. The van der Waals surface area contributed by atoms with Crippen molar-refractivity contribution in [1.29, 1.82) is 0 Å². The SMILES string of the molecule is CCc1ccc(CCC(=O)Nc2ccc(OC)c(S(=O)(=O)Nc3ccccc3Cl)c2)cc1. The van der Waals surface area contributed by atoms with Gasteiger partial charge in [-0.1, -0.05) is 54.9 Å². The highest BCUT2D eigenvalue weighted by Crippen LogP contribution is 2.30. The number of anilines is 2. The summed E-state index contributed by atoms with van der Waals surface area (Å²) in [7, 11) is -2.63. The van der Waals surface area contributed by atoms with Crippen molar-refractivity contribution in [2.75, 3.05) is 17.1 Å². The van der Waals surface area contributed by atoms with E-state index in [0.29, 0.717) is 12.1 Å². The molecular formula is C24H25ClN2O4S. The smallest absolute Gasteiger partial charge is 0.265 e. The number of halogens is 1. The van der Waals surface area contributed by atoms with Crippen molar-refractivity contribution in [2.24, 2.45) is 0 Å². The van der Waals surface area contributed by atoms with E-state index in [-0.39, 0.29) is 33.7 Å². The monoisotopic (exact) mass is 472 g/mol. The van der Waals surface area contributed by atoms with Crippen LogP contribution in [0.4, 0.5) is 11.4 Å². The second kappa shape index (κ2) is 10.5. The summed E-state index contributed by atoms with van der Waals surface area (Å²) in [6.45, 7) is 2.09. The maximum Gasteiger partial charge on any atom is 0.265 e. The van der Waals surface area contributed by atoms with E-state index in [1.54, 1.807) is 30.3 Å². The van der Waals surface area contributed by atoms with Crippen LogP contribution in [0.15, 0.2) is 71.6 Å². The highest BCUT2D eigenvalue weighted by Gasteiger charge is 2.22. The lowest BCUT2D eigenvalue weighted by molar-refractivity contribution is -0.116. The van der Waals surface area contributed by atoms with Crippen LogP contribution in [0.2, 0.25) is 5.02 Å². The molecule has 3 rings (SSSR count). The Kier molecular flexibility index (Phi) is 7.77. The summed E-state index contributed by atoms with van der Waals surface area (Å²) in [5.74, 6) is -0.0595. The number of amides is 1. The van der Waals surface area contributed by atoms with Crippen LogP contribution in [0.1, 0.15) is 24.5 Å². The van der Waals surface area contributed by atoms with E-state index in [2.05, 4.69) is 29.1 Å². The van der Waals surface area contributed by atoms with Crippen LogP contribution in [-0.4, -0.2) is 21.4 Å². The molecule has 0 heterocycles. The predicted molar refractivity (Wildman–Crippen MR) is 128 cm³/mol. The Labute approximate surface area is 193 Å². The van der Waals surface area contributed by atoms with Gasteiger partial charge in [0.05, 0.1) is 17.8 Å². The summed E-state index contributed by atoms with van der Waals surface area (Å²) in [4.78, 5) is 12.3. The van der Waals surface area contributed by atoms with Crippen LogP contribution in [0, 0.1) is 0 Å². The maximum atomic E-state index is 13.0. The normalized spacial score (nSPS) is 11.1. The first-order chi connectivity index (χ1) is 15.3. The van der Waals surface area contributed by atoms with Gasteiger partial charge in [-0.3, -0.25) is 9.52 Å². The Bertz CT molecular complexity index is 1190. The number of carbonyl (C=O) groups excluding carboxylic acids is 1. The fraction of sp³-hybridized carbons (Fsp3) is 0.208. The highest BCUT2D eigenvalue weighted by molar-refractivity contribution is 7.92. The molecule has 0 atom stereocenters. The van der Waals surface area contributed by atoms with Crippen LogP contribution in [0.25, 0.3) is 0 Å². The van der Waals surface area contributed by atoms with E-state index in [9.17, 15) is 13.2 Å². The number of aryl methyl sites for hydroxylation is 2. The highest BCUT2D eigenvalue weighted by atomic mass is 35.5. The average Bonchev–Trinajstić information content (AvgIpc) is 2.79. The summed E-state index contributed by atoms with van der Waals surface area (Å²) in [6, 6.07) is 19.1. The van der Waals surface area contributed by atoms with E-state index in [1.807, 2.05) is 12.1 Å². The number of nitrogens with one attached hydrogen (secondary N) is 2. The predicted octanol–water partition coefficient (Wildman–Crippen LogP) is 5.28. The molecule has 0 aliphatic heterocycles. The first-order valence-electron chi connectivity index (χ1n) is 10.2. The Balaban J connectivity index is 1.73. The molecule has 0 radical (unpaired) electrons. The zero-order valence-corrected chi connectivity index (χ0v) is 19.5. The summed E-state index contributed by atoms with van der Waals surface area (Å²) in [5, 5.41) is 3.03. The fourth-order valence-electron chi connectivity index (χ4n) is 3.13. The largest absolute Gasteiger partial charge is 0.495 e. The fourth-order valence-corrected chi connectivity index (χ4v) is 4.65. The van der Waals surface area contributed by atoms with Crippen LogP contribution >= 0.6 is 11.6 Å². The lowest BCUT2D eigenvalue weighted by Crippen LogP contribution is -2.16. The molecule has 0 unspecified atom stereocenters. The molecule has 0 fully saturated rings. The first kappa shape index (κ1) is 23.6. The topological polar surface area (TPSA) is 84.5 Å². The molecule has 0 saturated carbocycles.